The van der Waals surface area contributed by atoms with Crippen molar-refractivity contribution in [1.82, 2.24) is 14.9 Å². The highest BCUT2D eigenvalue weighted by Crippen LogP contribution is 2.19. The third-order valence-corrected chi connectivity index (χ3v) is 4.96. The number of carbonyl (C=O) groups is 1. The summed E-state index contributed by atoms with van der Waals surface area (Å²) >= 11 is 0. The monoisotopic (exact) mass is 414 g/mol. The first-order valence-electron chi connectivity index (χ1n) is 9.96. The Bertz CT molecular complexity index is 1130. The Morgan fingerprint density at radius 1 is 1.00 bits per heavy atom. The third-order valence-electron chi connectivity index (χ3n) is 4.96. The Morgan fingerprint density at radius 3 is 2.23 bits per heavy atom. The molecule has 0 bridgehead atoms. The fraction of sp³-hybridized carbons (Fsp3) is 0.208. The van der Waals surface area contributed by atoms with Crippen molar-refractivity contribution in [3.8, 4) is 23.1 Å². The molecule has 0 amide bonds. The Balaban J connectivity index is 1.43. The van der Waals surface area contributed by atoms with Crippen molar-refractivity contribution in [1.29, 1.82) is 0 Å². The summed E-state index contributed by atoms with van der Waals surface area (Å²) in [6, 6.07) is 17.1. The van der Waals surface area contributed by atoms with Gasteiger partial charge in [-0.05, 0) is 35.9 Å². The van der Waals surface area contributed by atoms with E-state index in [4.69, 9.17) is 15.6 Å². The van der Waals surface area contributed by atoms with E-state index in [1.165, 1.54) is 11.6 Å². The maximum absolute atomic E-state index is 11.2. The molecule has 0 atom stereocenters. The molecule has 2 heterocycles. The summed E-state index contributed by atoms with van der Waals surface area (Å²) in [4.78, 5) is 21.4. The zero-order valence-corrected chi connectivity index (χ0v) is 16.9. The molecule has 0 radical (unpaired) electrons. The predicted octanol–water partition coefficient (Wildman–Crippen LogP) is 2.66. The van der Waals surface area contributed by atoms with E-state index >= 15 is 0 Å². The van der Waals surface area contributed by atoms with Gasteiger partial charge in [-0.2, -0.15) is 0 Å². The van der Waals surface area contributed by atoms with Crippen molar-refractivity contribution in [2.24, 2.45) is 0 Å². The van der Waals surface area contributed by atoms with Crippen molar-refractivity contribution in [3.63, 3.8) is 0 Å². The third kappa shape index (κ3) is 5.45. The molecule has 0 aliphatic carbocycles. The average molecular weight is 414 g/mol. The van der Waals surface area contributed by atoms with Crippen LogP contribution < -0.4 is 5.73 Å². The van der Waals surface area contributed by atoms with Crippen molar-refractivity contribution in [2.75, 3.05) is 32.0 Å². The molecular formula is C24H22N4O3. The van der Waals surface area contributed by atoms with Gasteiger partial charge in [-0.15, -0.1) is 0 Å². The first kappa shape index (κ1) is 20.5. The number of ether oxygens (including phenoxy) is 1. The van der Waals surface area contributed by atoms with Gasteiger partial charge in [0.25, 0.3) is 0 Å². The summed E-state index contributed by atoms with van der Waals surface area (Å²) in [6.07, 6.45) is 0. The minimum atomic E-state index is -1.14. The van der Waals surface area contributed by atoms with Crippen LogP contribution in [0.2, 0.25) is 0 Å². The SMILES string of the molecule is Nc1nc(C(=O)O)cc(-c2ccc(C#Cc3ccc(CN4CCOCC4)cc3)cc2)n1. The van der Waals surface area contributed by atoms with Gasteiger partial charge in [-0.3, -0.25) is 4.90 Å². The van der Waals surface area contributed by atoms with Crippen LogP contribution in [0, 0.1) is 11.8 Å². The van der Waals surface area contributed by atoms with Crippen LogP contribution in [0.5, 0.6) is 0 Å². The topological polar surface area (TPSA) is 102 Å². The van der Waals surface area contributed by atoms with Crippen LogP contribution >= 0.6 is 0 Å². The minimum absolute atomic E-state index is 0.0733. The Hall–Kier alpha value is -3.73. The zero-order valence-electron chi connectivity index (χ0n) is 16.9. The number of anilines is 1. The Kier molecular flexibility index (Phi) is 6.22. The van der Waals surface area contributed by atoms with E-state index in [0.29, 0.717) is 5.69 Å². The maximum atomic E-state index is 11.2. The Morgan fingerprint density at radius 2 is 1.61 bits per heavy atom. The lowest BCUT2D eigenvalue weighted by molar-refractivity contribution is 0.0342. The van der Waals surface area contributed by atoms with Gasteiger partial charge in [-0.25, -0.2) is 14.8 Å². The number of aromatic nitrogens is 2. The molecule has 1 aromatic heterocycles. The summed E-state index contributed by atoms with van der Waals surface area (Å²) < 4.78 is 5.39. The largest absolute Gasteiger partial charge is 0.477 e. The fourth-order valence-electron chi connectivity index (χ4n) is 3.30. The van der Waals surface area contributed by atoms with E-state index in [0.717, 1.165) is 49.5 Å². The molecular weight excluding hydrogens is 392 g/mol. The van der Waals surface area contributed by atoms with Crippen LogP contribution in [0.15, 0.2) is 54.6 Å². The van der Waals surface area contributed by atoms with Gasteiger partial charge in [0.15, 0.2) is 5.69 Å². The van der Waals surface area contributed by atoms with Gasteiger partial charge in [0.1, 0.15) is 0 Å². The van der Waals surface area contributed by atoms with Crippen LogP contribution in [0.25, 0.3) is 11.3 Å². The number of benzene rings is 2. The van der Waals surface area contributed by atoms with Crippen molar-refractivity contribution in [2.45, 2.75) is 6.54 Å². The zero-order chi connectivity index (χ0) is 21.6. The Labute approximate surface area is 180 Å². The van der Waals surface area contributed by atoms with E-state index in [9.17, 15) is 4.79 Å². The van der Waals surface area contributed by atoms with Crippen LogP contribution in [-0.2, 0) is 11.3 Å². The van der Waals surface area contributed by atoms with E-state index < -0.39 is 5.97 Å². The lowest BCUT2D eigenvalue weighted by atomic mass is 10.1. The lowest BCUT2D eigenvalue weighted by Gasteiger charge is -2.26. The number of nitrogens with zero attached hydrogens (tertiary/aromatic N) is 3. The van der Waals surface area contributed by atoms with Crippen molar-refractivity contribution >= 4 is 11.9 Å². The first-order chi connectivity index (χ1) is 15.1. The van der Waals surface area contributed by atoms with Gasteiger partial charge in [-0.1, -0.05) is 36.1 Å². The smallest absolute Gasteiger partial charge is 0.354 e. The van der Waals surface area contributed by atoms with E-state index in [1.54, 1.807) is 0 Å². The number of hydrogen-bond donors (Lipinski definition) is 2. The predicted molar refractivity (Wildman–Crippen MR) is 117 cm³/mol. The van der Waals surface area contributed by atoms with Gasteiger partial charge in [0.05, 0.1) is 18.9 Å². The number of rotatable bonds is 4. The molecule has 1 aliphatic rings. The number of aromatic carboxylic acids is 1. The first-order valence-corrected chi connectivity index (χ1v) is 9.96. The van der Waals surface area contributed by atoms with E-state index in [1.807, 2.05) is 36.4 Å². The van der Waals surface area contributed by atoms with Crippen LogP contribution in [0.3, 0.4) is 0 Å². The van der Waals surface area contributed by atoms with Gasteiger partial charge in [0.2, 0.25) is 5.95 Å². The van der Waals surface area contributed by atoms with Gasteiger partial charge >= 0.3 is 5.97 Å². The van der Waals surface area contributed by atoms with E-state index in [-0.39, 0.29) is 11.6 Å². The average Bonchev–Trinajstić information content (AvgIpc) is 2.79. The second kappa shape index (κ2) is 9.39. The number of carboxylic acid groups (broad SMARTS) is 1. The molecule has 0 unspecified atom stereocenters. The number of morpholine rings is 1. The highest BCUT2D eigenvalue weighted by Gasteiger charge is 2.11. The molecule has 1 aliphatic heterocycles. The van der Waals surface area contributed by atoms with Crippen molar-refractivity contribution in [3.05, 3.63) is 77.0 Å². The van der Waals surface area contributed by atoms with E-state index in [2.05, 4.69) is 38.8 Å². The second-order valence-corrected chi connectivity index (χ2v) is 7.21. The van der Waals surface area contributed by atoms with Crippen molar-refractivity contribution < 1.29 is 14.6 Å². The molecule has 0 saturated carbocycles. The molecule has 31 heavy (non-hydrogen) atoms. The molecule has 7 nitrogen and oxygen atoms in total. The number of nitrogen functional groups attached to an aromatic ring is 1. The minimum Gasteiger partial charge on any atom is -0.477 e. The van der Waals surface area contributed by atoms with Crippen LogP contribution in [0.4, 0.5) is 5.95 Å². The molecule has 1 saturated heterocycles. The van der Waals surface area contributed by atoms with Crippen LogP contribution in [-0.4, -0.2) is 52.2 Å². The normalized spacial score (nSPS) is 13.9. The summed E-state index contributed by atoms with van der Waals surface area (Å²) in [5.41, 5.74) is 9.75. The summed E-state index contributed by atoms with van der Waals surface area (Å²) in [5, 5.41) is 9.13. The lowest BCUT2D eigenvalue weighted by Crippen LogP contribution is -2.35. The quantitative estimate of drug-likeness (QED) is 0.633. The summed E-state index contributed by atoms with van der Waals surface area (Å²) in [7, 11) is 0. The number of hydrogen-bond acceptors (Lipinski definition) is 6. The number of nitrogens with two attached hydrogens (primary N) is 1. The number of carboxylic acids is 1. The highest BCUT2D eigenvalue weighted by molar-refractivity contribution is 5.87. The second-order valence-electron chi connectivity index (χ2n) is 7.21. The van der Waals surface area contributed by atoms with Gasteiger partial charge in [0, 0.05) is 36.3 Å². The molecule has 1 fully saturated rings. The molecule has 2 aromatic carbocycles. The van der Waals surface area contributed by atoms with Crippen LogP contribution in [0.1, 0.15) is 27.2 Å². The molecule has 7 heteroatoms. The summed E-state index contributed by atoms with van der Waals surface area (Å²) in [6.45, 7) is 4.46. The fourth-order valence-corrected chi connectivity index (χ4v) is 3.30. The molecule has 3 aromatic rings. The molecule has 0 spiro atoms. The molecule has 4 rings (SSSR count). The standard InChI is InChI=1S/C24H22N4O3/c25-24-26-21(15-22(27-24)23(29)30)20-9-7-18(8-10-20)2-1-17-3-5-19(6-4-17)16-28-11-13-31-14-12-28/h3-10,15H,11-14,16H2,(H,29,30)(H2,25,26,27). The molecule has 3 N–H and O–H groups in total. The summed E-state index contributed by atoms with van der Waals surface area (Å²) in [5.74, 6) is 5.11. The van der Waals surface area contributed by atoms with Gasteiger partial charge < -0.3 is 15.6 Å². The maximum Gasteiger partial charge on any atom is 0.354 e. The highest BCUT2D eigenvalue weighted by atomic mass is 16.5. The molecule has 156 valence electrons.